The smallest absolute Gasteiger partial charge is 0.275 e. The first-order valence-electron chi connectivity index (χ1n) is 8.45. The van der Waals surface area contributed by atoms with Gasteiger partial charge in [-0.2, -0.15) is 5.26 Å². The number of aromatic nitrogens is 2. The summed E-state index contributed by atoms with van der Waals surface area (Å²) in [6.07, 6.45) is 8.12. The monoisotopic (exact) mass is 316 g/mol. The van der Waals surface area contributed by atoms with Crippen LogP contribution in [0.2, 0.25) is 0 Å². The first kappa shape index (κ1) is 16.0. The number of amides is 1. The van der Waals surface area contributed by atoms with Crippen LogP contribution in [0.1, 0.15) is 62.5 Å². The van der Waals surface area contributed by atoms with E-state index >= 15 is 0 Å². The van der Waals surface area contributed by atoms with Gasteiger partial charge < -0.3 is 14.2 Å². The van der Waals surface area contributed by atoms with Crippen molar-refractivity contribution in [1.29, 1.82) is 5.26 Å². The molecule has 23 heavy (non-hydrogen) atoms. The highest BCUT2D eigenvalue weighted by molar-refractivity contribution is 5.92. The molecule has 1 spiro atoms. The topological polar surface area (TPSA) is 71.2 Å². The summed E-state index contributed by atoms with van der Waals surface area (Å²) < 4.78 is 7.94. The number of carbonyl (C=O) groups excluding carboxylic acids is 1. The van der Waals surface area contributed by atoms with Gasteiger partial charge in [-0.3, -0.25) is 4.79 Å². The van der Waals surface area contributed by atoms with Crippen LogP contribution in [0.25, 0.3) is 0 Å². The lowest BCUT2D eigenvalue weighted by molar-refractivity contribution is -0.128. The molecule has 0 unspecified atom stereocenters. The molecule has 124 valence electrons. The molecule has 1 amide bonds. The highest BCUT2D eigenvalue weighted by Gasteiger charge is 2.48. The van der Waals surface area contributed by atoms with E-state index in [1.807, 2.05) is 18.4 Å². The summed E-state index contributed by atoms with van der Waals surface area (Å²) >= 11 is 0. The number of ether oxygens (including phenoxy) is 1. The van der Waals surface area contributed by atoms with Crippen LogP contribution in [0, 0.1) is 11.3 Å². The summed E-state index contributed by atoms with van der Waals surface area (Å²) in [5, 5.41) is 9.72. The number of hydrogen-bond donors (Lipinski definition) is 0. The Bertz CT molecular complexity index is 605. The summed E-state index contributed by atoms with van der Waals surface area (Å²) in [4.78, 5) is 18.8. The zero-order valence-corrected chi connectivity index (χ0v) is 13.9. The fourth-order valence-corrected chi connectivity index (χ4v) is 3.67. The Kier molecular flexibility index (Phi) is 4.40. The van der Waals surface area contributed by atoms with Gasteiger partial charge in [0.25, 0.3) is 5.91 Å². The van der Waals surface area contributed by atoms with Gasteiger partial charge in [0.2, 0.25) is 0 Å². The minimum atomic E-state index is -0.520. The van der Waals surface area contributed by atoms with Crippen molar-refractivity contribution in [2.24, 2.45) is 0 Å². The maximum atomic E-state index is 12.9. The van der Waals surface area contributed by atoms with E-state index in [1.165, 1.54) is 0 Å². The van der Waals surface area contributed by atoms with Crippen molar-refractivity contribution >= 4 is 5.91 Å². The van der Waals surface area contributed by atoms with E-state index in [0.29, 0.717) is 18.8 Å². The maximum absolute atomic E-state index is 12.9. The van der Waals surface area contributed by atoms with Crippen LogP contribution in [0.5, 0.6) is 0 Å². The molecule has 2 saturated heterocycles. The third-order valence-corrected chi connectivity index (χ3v) is 4.99. The van der Waals surface area contributed by atoms with Crippen molar-refractivity contribution in [2.75, 3.05) is 13.2 Å². The third kappa shape index (κ3) is 2.86. The summed E-state index contributed by atoms with van der Waals surface area (Å²) in [5.74, 6) is -0.163. The summed E-state index contributed by atoms with van der Waals surface area (Å²) in [6, 6.07) is 2.07. The van der Waals surface area contributed by atoms with Crippen molar-refractivity contribution < 1.29 is 9.53 Å². The average molecular weight is 316 g/mol. The Morgan fingerprint density at radius 1 is 1.43 bits per heavy atom. The molecule has 2 aliphatic heterocycles. The van der Waals surface area contributed by atoms with Crippen LogP contribution in [0.4, 0.5) is 0 Å². The normalized spacial score (nSPS) is 28.1. The van der Waals surface area contributed by atoms with Crippen LogP contribution in [-0.2, 0) is 4.74 Å². The van der Waals surface area contributed by atoms with E-state index in [2.05, 4.69) is 11.1 Å². The van der Waals surface area contributed by atoms with Crippen LogP contribution in [0.15, 0.2) is 12.5 Å². The summed E-state index contributed by atoms with van der Waals surface area (Å²) in [5.41, 5.74) is -0.0755. The number of carbonyl (C=O) groups is 1. The maximum Gasteiger partial charge on any atom is 0.275 e. The molecule has 1 aromatic rings. The van der Waals surface area contributed by atoms with Gasteiger partial charge in [-0.15, -0.1) is 0 Å². The third-order valence-electron chi connectivity index (χ3n) is 4.99. The summed E-state index contributed by atoms with van der Waals surface area (Å²) in [7, 11) is 0. The van der Waals surface area contributed by atoms with Crippen LogP contribution in [0.3, 0.4) is 0 Å². The van der Waals surface area contributed by atoms with Crippen LogP contribution < -0.4 is 0 Å². The molecule has 2 aliphatic rings. The molecule has 3 rings (SSSR count). The Morgan fingerprint density at radius 3 is 2.83 bits per heavy atom. The molecule has 6 nitrogen and oxygen atoms in total. The molecule has 2 fully saturated rings. The standard InChI is InChI=1S/C17H24N4O2/c1-13(2)20-11-14(19-12-20)16(22)21-8-5-7-17(15(21)10-18)6-3-4-9-23-17/h11-13,15H,3-9H2,1-2H3/t15-,17-/m1/s1. The molecular formula is C17H24N4O2. The minimum absolute atomic E-state index is 0.163. The van der Waals surface area contributed by atoms with Crippen molar-refractivity contribution in [2.45, 2.75) is 63.6 Å². The van der Waals surface area contributed by atoms with E-state index in [9.17, 15) is 10.1 Å². The fraction of sp³-hybridized carbons (Fsp3) is 0.706. The van der Waals surface area contributed by atoms with E-state index in [-0.39, 0.29) is 11.9 Å². The number of likely N-dealkylation sites (tertiary alicyclic amines) is 1. The molecule has 1 aromatic heterocycles. The Labute approximate surface area is 137 Å². The van der Waals surface area contributed by atoms with Gasteiger partial charge in [-0.05, 0) is 46.0 Å². The summed E-state index contributed by atoms with van der Waals surface area (Å²) in [6.45, 7) is 5.36. The number of nitriles is 1. The molecule has 0 radical (unpaired) electrons. The number of nitrogens with zero attached hydrogens (tertiary/aromatic N) is 4. The van der Waals surface area contributed by atoms with Gasteiger partial charge in [0.1, 0.15) is 17.3 Å². The van der Waals surface area contributed by atoms with Crippen LogP contribution in [-0.4, -0.2) is 45.2 Å². The number of hydrogen-bond acceptors (Lipinski definition) is 4. The molecule has 6 heteroatoms. The molecule has 2 atom stereocenters. The van der Waals surface area contributed by atoms with Crippen molar-refractivity contribution in [1.82, 2.24) is 14.5 Å². The number of rotatable bonds is 2. The quantitative estimate of drug-likeness (QED) is 0.840. The predicted octanol–water partition coefficient (Wildman–Crippen LogP) is 2.53. The van der Waals surface area contributed by atoms with Crippen LogP contribution >= 0.6 is 0 Å². The second kappa shape index (κ2) is 6.32. The van der Waals surface area contributed by atoms with Crippen molar-refractivity contribution in [3.8, 4) is 6.07 Å². The molecule has 0 N–H and O–H groups in total. The van der Waals surface area contributed by atoms with Gasteiger partial charge in [-0.25, -0.2) is 4.98 Å². The van der Waals surface area contributed by atoms with Gasteiger partial charge in [0, 0.05) is 25.4 Å². The molecule has 0 aliphatic carbocycles. The van der Waals surface area contributed by atoms with Gasteiger partial charge >= 0.3 is 0 Å². The molecule has 0 saturated carbocycles. The first-order valence-corrected chi connectivity index (χ1v) is 8.45. The Hall–Kier alpha value is -1.87. The highest BCUT2D eigenvalue weighted by atomic mass is 16.5. The van der Waals surface area contributed by atoms with Gasteiger partial charge in [0.15, 0.2) is 0 Å². The first-order chi connectivity index (χ1) is 11.1. The van der Waals surface area contributed by atoms with Crippen molar-refractivity contribution in [3.63, 3.8) is 0 Å². The largest absolute Gasteiger partial charge is 0.372 e. The molecular weight excluding hydrogens is 292 g/mol. The minimum Gasteiger partial charge on any atom is -0.372 e. The molecule has 0 bridgehead atoms. The Morgan fingerprint density at radius 2 is 2.22 bits per heavy atom. The van der Waals surface area contributed by atoms with E-state index in [4.69, 9.17) is 4.74 Å². The average Bonchev–Trinajstić information content (AvgIpc) is 3.05. The lowest BCUT2D eigenvalue weighted by Gasteiger charge is -2.48. The fourth-order valence-electron chi connectivity index (χ4n) is 3.67. The zero-order chi connectivity index (χ0) is 16.4. The number of imidazole rings is 1. The second-order valence-electron chi connectivity index (χ2n) is 6.80. The Balaban J connectivity index is 1.85. The van der Waals surface area contributed by atoms with E-state index in [1.54, 1.807) is 17.4 Å². The SMILES string of the molecule is CC(C)n1cnc(C(=O)N2CCC[C@]3(CCCCO3)[C@H]2C#N)c1. The molecule has 3 heterocycles. The zero-order valence-electron chi connectivity index (χ0n) is 13.9. The van der Waals surface area contributed by atoms with E-state index in [0.717, 1.165) is 32.1 Å². The van der Waals surface area contributed by atoms with Gasteiger partial charge in [-0.1, -0.05) is 0 Å². The molecule has 0 aromatic carbocycles. The second-order valence-corrected chi connectivity index (χ2v) is 6.80. The van der Waals surface area contributed by atoms with E-state index < -0.39 is 11.6 Å². The van der Waals surface area contributed by atoms with Gasteiger partial charge in [0.05, 0.1) is 12.4 Å². The highest BCUT2D eigenvalue weighted by Crippen LogP contribution is 2.38. The lowest BCUT2D eigenvalue weighted by Crippen LogP contribution is -2.60. The predicted molar refractivity (Wildman–Crippen MR) is 84.8 cm³/mol. The van der Waals surface area contributed by atoms with Crippen molar-refractivity contribution in [3.05, 3.63) is 18.2 Å². The number of piperidine rings is 1. The lowest BCUT2D eigenvalue weighted by atomic mass is 9.79.